The molecule has 0 aromatic heterocycles. The normalized spacial score (nSPS) is 24.1. The maximum atomic E-state index is 12.3. The Morgan fingerprint density at radius 3 is 2.38 bits per heavy atom. The topological polar surface area (TPSA) is 88.4 Å². The zero-order valence-corrected chi connectivity index (χ0v) is 15.4. The number of carbonyl (C=O) groups is 1. The van der Waals surface area contributed by atoms with E-state index in [4.69, 9.17) is 10.5 Å². The van der Waals surface area contributed by atoms with E-state index in [1.165, 1.54) is 0 Å². The summed E-state index contributed by atoms with van der Waals surface area (Å²) in [5.74, 6) is 1.54. The Balaban J connectivity index is 0.00000288. The molecule has 1 saturated heterocycles. The van der Waals surface area contributed by atoms with Crippen molar-refractivity contribution in [2.75, 3.05) is 18.5 Å². The molecule has 0 radical (unpaired) electrons. The van der Waals surface area contributed by atoms with Gasteiger partial charge in [0.1, 0.15) is 12.4 Å². The summed E-state index contributed by atoms with van der Waals surface area (Å²) >= 11 is 0. The van der Waals surface area contributed by atoms with Gasteiger partial charge < -0.3 is 15.8 Å². The van der Waals surface area contributed by atoms with Crippen molar-refractivity contribution < 1.29 is 9.53 Å². The summed E-state index contributed by atoms with van der Waals surface area (Å²) in [6.07, 6.45) is 0.508. The number of nitrogens with two attached hydrogens (primary N) is 1. The van der Waals surface area contributed by atoms with Crippen molar-refractivity contribution in [1.82, 2.24) is 10.9 Å². The highest BCUT2D eigenvalue weighted by molar-refractivity contribution is 5.90. The smallest absolute Gasteiger partial charge is 0.224 e. The molecule has 1 amide bonds. The lowest BCUT2D eigenvalue weighted by Crippen LogP contribution is -2.31. The number of benzene rings is 1. The second kappa shape index (κ2) is 9.84. The number of ether oxygens (including phenoxy) is 1. The van der Waals surface area contributed by atoms with Crippen molar-refractivity contribution in [2.45, 2.75) is 39.3 Å². The summed E-state index contributed by atoms with van der Waals surface area (Å²) in [6, 6.07) is 8.10. The highest BCUT2D eigenvalue weighted by Crippen LogP contribution is 2.26. The minimum atomic E-state index is 0. The van der Waals surface area contributed by atoms with Crippen LogP contribution in [0, 0.1) is 11.8 Å². The third-order valence-electron chi connectivity index (χ3n) is 4.38. The lowest BCUT2D eigenvalue weighted by atomic mass is 9.82. The van der Waals surface area contributed by atoms with Gasteiger partial charge >= 0.3 is 0 Å². The van der Waals surface area contributed by atoms with Crippen LogP contribution in [0.25, 0.3) is 0 Å². The van der Waals surface area contributed by atoms with Crippen LogP contribution in [0.3, 0.4) is 0 Å². The minimum absolute atomic E-state index is 0. The van der Waals surface area contributed by atoms with Crippen LogP contribution in [-0.4, -0.2) is 31.1 Å². The lowest BCUT2D eigenvalue weighted by molar-refractivity contribution is -0.117. The molecule has 2 rings (SSSR count). The summed E-state index contributed by atoms with van der Waals surface area (Å²) in [5.41, 5.74) is 12.7. The molecule has 5 N–H and O–H groups in total. The molecule has 7 heteroatoms. The second-order valence-corrected chi connectivity index (χ2v) is 6.33. The molecule has 1 aromatic rings. The average molecular weight is 357 g/mol. The molecule has 3 unspecified atom stereocenters. The molecular weight excluding hydrogens is 328 g/mol. The third-order valence-corrected chi connectivity index (χ3v) is 4.38. The number of carbonyl (C=O) groups excluding carboxylic acids is 1. The van der Waals surface area contributed by atoms with Crippen LogP contribution in [0.15, 0.2) is 24.3 Å². The quantitative estimate of drug-likeness (QED) is 0.599. The van der Waals surface area contributed by atoms with Crippen molar-refractivity contribution >= 4 is 24.0 Å². The van der Waals surface area contributed by atoms with Crippen LogP contribution in [0.1, 0.15) is 27.2 Å². The van der Waals surface area contributed by atoms with Gasteiger partial charge in [-0.3, -0.25) is 15.6 Å². The number of hydrazine groups is 1. The summed E-state index contributed by atoms with van der Waals surface area (Å²) < 4.78 is 5.42. The highest BCUT2D eigenvalue weighted by atomic mass is 35.5. The van der Waals surface area contributed by atoms with Gasteiger partial charge in [-0.15, -0.1) is 12.4 Å². The van der Waals surface area contributed by atoms with Crippen molar-refractivity contribution in [3.05, 3.63) is 24.3 Å². The zero-order valence-electron chi connectivity index (χ0n) is 14.5. The molecule has 1 heterocycles. The highest BCUT2D eigenvalue weighted by Gasteiger charge is 2.34. The number of rotatable bonds is 7. The number of anilines is 1. The Hall–Kier alpha value is -1.34. The number of hydrogen-bond acceptors (Lipinski definition) is 5. The van der Waals surface area contributed by atoms with Crippen LogP contribution >= 0.6 is 12.4 Å². The zero-order chi connectivity index (χ0) is 16.8. The van der Waals surface area contributed by atoms with E-state index in [1.807, 2.05) is 24.3 Å². The standard InChI is InChI=1S/C17H28N4O2.ClH/c1-11(17-12(2)20-21-13(17)3)10-16(22)19-14-4-6-15(7-5-14)23-9-8-18;/h4-7,11-13,17,20-21H,8-10,18H2,1-3H3,(H,19,22);1H. The molecule has 1 aliphatic heterocycles. The fourth-order valence-corrected chi connectivity index (χ4v) is 3.33. The molecule has 24 heavy (non-hydrogen) atoms. The first-order chi connectivity index (χ1) is 11.0. The van der Waals surface area contributed by atoms with E-state index >= 15 is 0 Å². The van der Waals surface area contributed by atoms with Gasteiger partial charge in [-0.25, -0.2) is 0 Å². The van der Waals surface area contributed by atoms with Crippen molar-refractivity contribution in [2.24, 2.45) is 17.6 Å². The van der Waals surface area contributed by atoms with E-state index in [-0.39, 0.29) is 18.3 Å². The van der Waals surface area contributed by atoms with Gasteiger partial charge in [0.25, 0.3) is 0 Å². The molecule has 0 bridgehead atoms. The lowest BCUT2D eigenvalue weighted by Gasteiger charge is -2.25. The number of nitrogens with one attached hydrogen (secondary N) is 3. The van der Waals surface area contributed by atoms with E-state index in [0.717, 1.165) is 11.4 Å². The monoisotopic (exact) mass is 356 g/mol. The first-order valence-electron chi connectivity index (χ1n) is 8.25. The predicted molar refractivity (Wildman–Crippen MR) is 99.3 cm³/mol. The van der Waals surface area contributed by atoms with E-state index < -0.39 is 0 Å². The van der Waals surface area contributed by atoms with E-state index in [0.29, 0.717) is 43.5 Å². The van der Waals surface area contributed by atoms with Crippen LogP contribution in [0.4, 0.5) is 5.69 Å². The molecule has 0 saturated carbocycles. The van der Waals surface area contributed by atoms with E-state index in [9.17, 15) is 4.79 Å². The first kappa shape index (κ1) is 20.7. The van der Waals surface area contributed by atoms with Gasteiger partial charge in [-0.2, -0.15) is 0 Å². The van der Waals surface area contributed by atoms with Crippen molar-refractivity contribution in [1.29, 1.82) is 0 Å². The fraction of sp³-hybridized carbons (Fsp3) is 0.588. The summed E-state index contributed by atoms with van der Waals surface area (Å²) in [7, 11) is 0. The van der Waals surface area contributed by atoms with Gasteiger partial charge in [0.2, 0.25) is 5.91 Å². The van der Waals surface area contributed by atoms with Gasteiger partial charge in [-0.05, 0) is 49.9 Å². The molecular formula is C17H29ClN4O2. The van der Waals surface area contributed by atoms with Gasteiger partial charge in [0.05, 0.1) is 0 Å². The van der Waals surface area contributed by atoms with Crippen LogP contribution in [0.5, 0.6) is 5.75 Å². The number of hydrogen-bond donors (Lipinski definition) is 4. The summed E-state index contributed by atoms with van der Waals surface area (Å²) in [6.45, 7) is 7.40. The molecule has 0 aliphatic carbocycles. The van der Waals surface area contributed by atoms with Gasteiger partial charge in [-0.1, -0.05) is 6.92 Å². The molecule has 0 spiro atoms. The molecule has 136 valence electrons. The maximum Gasteiger partial charge on any atom is 0.224 e. The Morgan fingerprint density at radius 1 is 1.25 bits per heavy atom. The average Bonchev–Trinajstić information content (AvgIpc) is 2.85. The summed E-state index contributed by atoms with van der Waals surface area (Å²) in [5, 5.41) is 2.95. The first-order valence-corrected chi connectivity index (χ1v) is 8.25. The largest absolute Gasteiger partial charge is 0.492 e. The number of halogens is 1. The minimum Gasteiger partial charge on any atom is -0.492 e. The Kier molecular flexibility index (Phi) is 8.48. The predicted octanol–water partition coefficient (Wildman–Crippen LogP) is 1.91. The fourth-order valence-electron chi connectivity index (χ4n) is 3.33. The Labute approximate surface area is 150 Å². The summed E-state index contributed by atoms with van der Waals surface area (Å²) in [4.78, 5) is 12.3. The molecule has 1 aliphatic rings. The van der Waals surface area contributed by atoms with Crippen LogP contribution in [-0.2, 0) is 4.79 Å². The van der Waals surface area contributed by atoms with Crippen molar-refractivity contribution in [3.63, 3.8) is 0 Å². The Morgan fingerprint density at radius 2 is 1.83 bits per heavy atom. The Bertz CT molecular complexity index is 502. The van der Waals surface area contributed by atoms with Gasteiger partial charge in [0.15, 0.2) is 0 Å². The van der Waals surface area contributed by atoms with E-state index in [2.05, 4.69) is 36.9 Å². The van der Waals surface area contributed by atoms with Crippen LogP contribution in [0.2, 0.25) is 0 Å². The molecule has 6 nitrogen and oxygen atoms in total. The van der Waals surface area contributed by atoms with Gasteiger partial charge in [0, 0.05) is 30.7 Å². The van der Waals surface area contributed by atoms with Crippen LogP contribution < -0.4 is 26.6 Å². The number of amides is 1. The molecule has 1 aromatic carbocycles. The second-order valence-electron chi connectivity index (χ2n) is 6.33. The molecule has 3 atom stereocenters. The van der Waals surface area contributed by atoms with Crippen molar-refractivity contribution in [3.8, 4) is 5.75 Å². The maximum absolute atomic E-state index is 12.3. The third kappa shape index (κ3) is 5.63. The molecule has 1 fully saturated rings. The van der Waals surface area contributed by atoms with E-state index in [1.54, 1.807) is 0 Å². The SMILES string of the molecule is CC(CC(=O)Nc1ccc(OCCN)cc1)C1C(C)NNC1C.Cl.